The lowest BCUT2D eigenvalue weighted by molar-refractivity contribution is -0.870. The van der Waals surface area contributed by atoms with E-state index in [-0.39, 0.29) is 31.3 Å². The molecule has 0 radical (unpaired) electrons. The van der Waals surface area contributed by atoms with Gasteiger partial charge in [-0.3, -0.25) is 14.2 Å². The fourth-order valence-electron chi connectivity index (χ4n) is 8.02. The van der Waals surface area contributed by atoms with E-state index in [2.05, 4.69) is 160 Å². The molecule has 0 aromatic rings. The number of unbranched alkanes of at least 4 members (excludes halogenated alkanes) is 16. The third-order valence-corrected chi connectivity index (χ3v) is 13.7. The number of nitrogens with zero attached hydrogens (tertiary/aromatic N) is 1. The van der Waals surface area contributed by atoms with Crippen LogP contribution in [-0.2, 0) is 27.9 Å². The Balaban J connectivity index is 5.33. The van der Waals surface area contributed by atoms with Gasteiger partial charge in [0.05, 0.1) is 33.8 Å². The summed E-state index contributed by atoms with van der Waals surface area (Å²) in [6.07, 6.45) is 82.5. The molecule has 1 amide bonds. The van der Waals surface area contributed by atoms with Crippen LogP contribution in [0.5, 0.6) is 0 Å². The highest BCUT2D eigenvalue weighted by atomic mass is 31.2. The molecule has 0 aliphatic rings. The fourth-order valence-corrected chi connectivity index (χ4v) is 8.74. The second kappa shape index (κ2) is 57.1. The zero-order valence-corrected chi connectivity index (χ0v) is 51.9. The van der Waals surface area contributed by atoms with Crippen molar-refractivity contribution in [1.29, 1.82) is 0 Å². The van der Waals surface area contributed by atoms with Gasteiger partial charge in [0.25, 0.3) is 7.82 Å². The summed E-state index contributed by atoms with van der Waals surface area (Å²) < 4.78 is 30.3. The van der Waals surface area contributed by atoms with Gasteiger partial charge in [0, 0.05) is 12.8 Å². The van der Waals surface area contributed by atoms with E-state index in [9.17, 15) is 19.0 Å². The van der Waals surface area contributed by atoms with Crippen LogP contribution >= 0.6 is 7.82 Å². The monoisotopic (exact) mass is 1110 g/mol. The maximum atomic E-state index is 13.5. The molecule has 448 valence electrons. The van der Waals surface area contributed by atoms with E-state index in [1.165, 1.54) is 44.9 Å². The number of carbonyl (C=O) groups excluding carboxylic acids is 2. The van der Waals surface area contributed by atoms with Crippen LogP contribution in [0.4, 0.5) is 0 Å². The Labute approximate surface area is 485 Å². The third kappa shape index (κ3) is 58.4. The number of rotatable bonds is 54. The lowest BCUT2D eigenvalue weighted by Gasteiger charge is -2.30. The van der Waals surface area contributed by atoms with Crippen molar-refractivity contribution in [2.24, 2.45) is 0 Å². The molecular weight excluding hydrogens is 1000 g/mol. The van der Waals surface area contributed by atoms with E-state index in [4.69, 9.17) is 13.8 Å². The predicted octanol–water partition coefficient (Wildman–Crippen LogP) is 18.8. The van der Waals surface area contributed by atoms with E-state index in [0.717, 1.165) is 135 Å². The molecule has 0 aliphatic heterocycles. The van der Waals surface area contributed by atoms with E-state index in [0.29, 0.717) is 23.9 Å². The molecule has 3 atom stereocenters. The number of allylic oxidation sites excluding steroid dienone is 23. The van der Waals surface area contributed by atoms with Crippen LogP contribution < -0.4 is 10.2 Å². The quantitative estimate of drug-likeness (QED) is 0.0212. The lowest BCUT2D eigenvalue weighted by Crippen LogP contribution is -2.47. The average Bonchev–Trinajstić information content (AvgIpc) is 3.41. The van der Waals surface area contributed by atoms with Crippen molar-refractivity contribution in [1.82, 2.24) is 5.32 Å². The van der Waals surface area contributed by atoms with Gasteiger partial charge in [-0.05, 0) is 128 Å². The minimum atomic E-state index is -4.73. The van der Waals surface area contributed by atoms with E-state index >= 15 is 0 Å². The Morgan fingerprint density at radius 2 is 0.810 bits per heavy atom. The number of amides is 1. The van der Waals surface area contributed by atoms with Crippen molar-refractivity contribution in [2.45, 2.75) is 238 Å². The van der Waals surface area contributed by atoms with E-state index in [1.807, 2.05) is 33.3 Å². The zero-order valence-electron chi connectivity index (χ0n) is 51.0. The van der Waals surface area contributed by atoms with Crippen molar-refractivity contribution >= 4 is 19.7 Å². The first-order valence-electron chi connectivity index (χ1n) is 31.1. The Kier molecular flexibility index (Phi) is 54.2. The first kappa shape index (κ1) is 74.9. The van der Waals surface area contributed by atoms with Crippen LogP contribution in [0.15, 0.2) is 146 Å². The molecule has 0 spiro atoms. The Morgan fingerprint density at radius 3 is 1.23 bits per heavy atom. The smallest absolute Gasteiger partial charge is 0.306 e. The molecule has 0 rings (SSSR count). The molecule has 1 N–H and O–H groups in total. The number of esters is 1. The minimum absolute atomic E-state index is 0.0423. The molecule has 0 saturated heterocycles. The summed E-state index contributed by atoms with van der Waals surface area (Å²) in [5.74, 6) is -0.621. The normalized spacial score (nSPS) is 14.7. The number of nitrogens with one attached hydrogen (secondary N) is 1. The maximum absolute atomic E-state index is 13.5. The zero-order chi connectivity index (χ0) is 57.9. The topological polar surface area (TPSA) is 114 Å². The summed E-state index contributed by atoms with van der Waals surface area (Å²) in [4.78, 5) is 40.0. The molecule has 10 heteroatoms. The van der Waals surface area contributed by atoms with Crippen LogP contribution in [0.2, 0.25) is 0 Å². The Bertz CT molecular complexity index is 1860. The van der Waals surface area contributed by atoms with Crippen LogP contribution in [0.25, 0.3) is 0 Å². The summed E-state index contributed by atoms with van der Waals surface area (Å²) in [5, 5.41) is 3.00. The first-order valence-corrected chi connectivity index (χ1v) is 32.6. The standard InChI is InChI=1S/C69H115N2O7P/c1-7-10-13-16-19-22-25-27-29-31-33-34-35-36-38-40-42-44-47-50-53-56-59-62-69(73)78-67(60-57-54-51-48-45-24-21-18-15-12-9-3)66(65-77-79(74,75)76-64-63-71(4,5)6)70-68(72)61-58-55-52-49-46-43-41-39-37-32-30-28-26-23-20-17-14-11-8-2/h10-11,13-14,19-20,22-23,27-30,33-34,36-39,42-44,46,57,60,66-67H,7-9,12,15-18,21,24-26,31-32,35,40-41,45,47-56,58-59,61-65H2,1-6H3,(H-,70,72,74,75)/b13-10-,14-11-,22-19-,23-20-,29-27-,30-28-,34-33-,38-36-,39-37-,44-42-,46-43-,60-57+. The van der Waals surface area contributed by atoms with Gasteiger partial charge in [-0.2, -0.15) is 0 Å². The van der Waals surface area contributed by atoms with Crippen LogP contribution in [0.1, 0.15) is 226 Å². The van der Waals surface area contributed by atoms with Crippen molar-refractivity contribution in [2.75, 3.05) is 40.9 Å². The highest BCUT2D eigenvalue weighted by molar-refractivity contribution is 7.45. The van der Waals surface area contributed by atoms with Crippen molar-refractivity contribution in [3.8, 4) is 0 Å². The van der Waals surface area contributed by atoms with Crippen LogP contribution in [0.3, 0.4) is 0 Å². The minimum Gasteiger partial charge on any atom is -0.756 e. The second-order valence-electron chi connectivity index (χ2n) is 21.4. The molecule has 79 heavy (non-hydrogen) atoms. The molecule has 0 fully saturated rings. The number of phosphoric ester groups is 1. The van der Waals surface area contributed by atoms with Crippen molar-refractivity contribution in [3.05, 3.63) is 146 Å². The number of carbonyl (C=O) groups is 2. The fraction of sp³-hybridized carbons (Fsp3) is 0.623. The molecule has 0 saturated carbocycles. The predicted molar refractivity (Wildman–Crippen MR) is 339 cm³/mol. The maximum Gasteiger partial charge on any atom is 0.306 e. The molecule has 0 aromatic heterocycles. The van der Waals surface area contributed by atoms with E-state index in [1.54, 1.807) is 0 Å². The summed E-state index contributed by atoms with van der Waals surface area (Å²) >= 11 is 0. The third-order valence-electron chi connectivity index (χ3n) is 12.8. The van der Waals surface area contributed by atoms with Gasteiger partial charge >= 0.3 is 5.97 Å². The summed E-state index contributed by atoms with van der Waals surface area (Å²) in [6, 6.07) is -0.928. The largest absolute Gasteiger partial charge is 0.756 e. The van der Waals surface area contributed by atoms with Gasteiger partial charge in [-0.25, -0.2) is 0 Å². The second-order valence-corrected chi connectivity index (χ2v) is 22.9. The Hall–Kier alpha value is -4.11. The highest BCUT2D eigenvalue weighted by Gasteiger charge is 2.27. The average molecular weight is 1120 g/mol. The van der Waals surface area contributed by atoms with E-state index < -0.39 is 26.6 Å². The van der Waals surface area contributed by atoms with Crippen molar-refractivity contribution < 1.29 is 37.3 Å². The molecule has 0 aliphatic carbocycles. The Morgan fingerprint density at radius 1 is 0.456 bits per heavy atom. The van der Waals surface area contributed by atoms with Gasteiger partial charge in [-0.15, -0.1) is 0 Å². The number of quaternary nitrogens is 1. The number of likely N-dealkylation sites (N-methyl/N-ethyl adjacent to an activating group) is 1. The van der Waals surface area contributed by atoms with Gasteiger partial charge < -0.3 is 28.5 Å². The molecule has 0 bridgehead atoms. The molecule has 3 unspecified atom stereocenters. The van der Waals surface area contributed by atoms with Gasteiger partial charge in [0.15, 0.2) is 0 Å². The van der Waals surface area contributed by atoms with Crippen LogP contribution in [-0.4, -0.2) is 69.4 Å². The van der Waals surface area contributed by atoms with Gasteiger partial charge in [0.2, 0.25) is 5.91 Å². The van der Waals surface area contributed by atoms with Gasteiger partial charge in [0.1, 0.15) is 19.3 Å². The number of hydrogen-bond donors (Lipinski definition) is 1. The number of ether oxygens (including phenoxy) is 1. The SMILES string of the molecule is CC/C=C\C/C=C\C/C=C\C/C=C\C/C=C\C/C=C\CCCCCCC(=O)OC(/C=C/CCCCCCCCCCC)C(COP(=O)([O-])OCC[N+](C)(C)C)NC(=O)CCCCC/C=C\C/C=C\C/C=C\C/C=C\C/C=C\CC. The molecular formula is C69H115N2O7P. The van der Waals surface area contributed by atoms with Crippen LogP contribution in [0, 0.1) is 0 Å². The first-order chi connectivity index (χ1) is 38.4. The van der Waals surface area contributed by atoms with Crippen molar-refractivity contribution in [3.63, 3.8) is 0 Å². The molecule has 0 heterocycles. The summed E-state index contributed by atoms with van der Waals surface area (Å²) in [7, 11) is 1.12. The molecule has 0 aromatic carbocycles. The summed E-state index contributed by atoms with van der Waals surface area (Å²) in [6.45, 7) is 6.54. The summed E-state index contributed by atoms with van der Waals surface area (Å²) in [5.41, 5.74) is 0. The lowest BCUT2D eigenvalue weighted by atomic mass is 10.1. The molecule has 9 nitrogen and oxygen atoms in total. The number of phosphoric acid groups is 1. The van der Waals surface area contributed by atoms with Gasteiger partial charge in [-0.1, -0.05) is 231 Å². The number of hydrogen-bond acceptors (Lipinski definition) is 7. The highest BCUT2D eigenvalue weighted by Crippen LogP contribution is 2.38.